The number of pyridine rings is 1. The van der Waals surface area contributed by atoms with Gasteiger partial charge in [-0.05, 0) is 53.9 Å². The molecule has 2 heterocycles. The van der Waals surface area contributed by atoms with Crippen LogP contribution in [0.5, 0.6) is 5.75 Å². The lowest BCUT2D eigenvalue weighted by atomic mass is 9.95. The second-order valence-electron chi connectivity index (χ2n) is 8.28. The molecule has 1 fully saturated rings. The highest BCUT2D eigenvalue weighted by Gasteiger charge is 2.46. The van der Waals surface area contributed by atoms with Crippen LogP contribution in [0, 0.1) is 0 Å². The molecule has 0 saturated carbocycles. The zero-order chi connectivity index (χ0) is 25.9. The van der Waals surface area contributed by atoms with E-state index in [0.29, 0.717) is 17.9 Å². The van der Waals surface area contributed by atoms with Gasteiger partial charge in [0.15, 0.2) is 0 Å². The second kappa shape index (κ2) is 10.2. The highest BCUT2D eigenvalue weighted by Crippen LogP contribution is 2.41. The number of likely N-dealkylation sites (tertiary alicyclic amines) is 1. The second-order valence-corrected chi connectivity index (χ2v) is 8.28. The maximum Gasteiger partial charge on any atom is 0.416 e. The maximum absolute atomic E-state index is 13.2. The van der Waals surface area contributed by atoms with Crippen LogP contribution in [0.2, 0.25) is 0 Å². The average molecular weight is 496 g/mol. The number of nitrogens with zero attached hydrogens (tertiary/aromatic N) is 2. The number of amides is 1. The Morgan fingerprint density at radius 3 is 2.47 bits per heavy atom. The van der Waals surface area contributed by atoms with E-state index in [9.17, 15) is 27.9 Å². The van der Waals surface area contributed by atoms with Gasteiger partial charge in [-0.3, -0.25) is 14.6 Å². The van der Waals surface area contributed by atoms with Crippen molar-refractivity contribution in [3.8, 4) is 5.75 Å². The van der Waals surface area contributed by atoms with E-state index in [1.165, 1.54) is 24.5 Å². The Bertz CT molecular complexity index is 1310. The minimum absolute atomic E-state index is 0.161. The van der Waals surface area contributed by atoms with Gasteiger partial charge in [-0.15, -0.1) is 0 Å². The van der Waals surface area contributed by atoms with E-state index in [1.54, 1.807) is 36.4 Å². The Kier molecular flexibility index (Phi) is 7.10. The molecule has 1 atom stereocenters. The zero-order valence-electron chi connectivity index (χ0n) is 19.3. The molecule has 1 N–H and O–H groups in total. The van der Waals surface area contributed by atoms with E-state index in [2.05, 4.69) is 4.98 Å². The van der Waals surface area contributed by atoms with Crippen LogP contribution < -0.4 is 4.74 Å². The Morgan fingerprint density at radius 2 is 1.78 bits per heavy atom. The number of hydrogen-bond acceptors (Lipinski definition) is 5. The summed E-state index contributed by atoms with van der Waals surface area (Å²) in [5.74, 6) is -1.77. The summed E-state index contributed by atoms with van der Waals surface area (Å²) in [6, 6.07) is 13.2. The zero-order valence-corrected chi connectivity index (χ0v) is 19.3. The molecule has 6 nitrogen and oxygen atoms in total. The normalized spacial score (nSPS) is 17.4. The lowest BCUT2D eigenvalue weighted by Crippen LogP contribution is -2.29. The van der Waals surface area contributed by atoms with Crippen LogP contribution in [-0.4, -0.2) is 33.3 Å². The van der Waals surface area contributed by atoms with Crippen molar-refractivity contribution >= 4 is 17.4 Å². The fourth-order valence-corrected chi connectivity index (χ4v) is 4.09. The van der Waals surface area contributed by atoms with Crippen molar-refractivity contribution < 1.29 is 32.6 Å². The van der Waals surface area contributed by atoms with E-state index < -0.39 is 35.2 Å². The number of benzene rings is 2. The molecule has 186 valence electrons. The molecule has 1 aromatic heterocycles. The summed E-state index contributed by atoms with van der Waals surface area (Å²) >= 11 is 0. The summed E-state index contributed by atoms with van der Waals surface area (Å²) < 4.78 is 45.3. The molecule has 3 aromatic rings. The van der Waals surface area contributed by atoms with Gasteiger partial charge in [0.25, 0.3) is 11.7 Å². The number of aliphatic hydroxyl groups excluding tert-OH is 1. The number of alkyl halides is 3. The first-order valence-corrected chi connectivity index (χ1v) is 11.3. The van der Waals surface area contributed by atoms with E-state index in [4.69, 9.17) is 4.74 Å². The molecule has 36 heavy (non-hydrogen) atoms. The van der Waals surface area contributed by atoms with Gasteiger partial charge in [0.05, 0.1) is 23.8 Å². The molecule has 0 bridgehead atoms. The fraction of sp³-hybridized carbons (Fsp3) is 0.222. The van der Waals surface area contributed by atoms with Crippen molar-refractivity contribution in [1.82, 2.24) is 9.88 Å². The van der Waals surface area contributed by atoms with E-state index in [1.807, 2.05) is 6.92 Å². The smallest absolute Gasteiger partial charge is 0.416 e. The molecule has 4 rings (SSSR count). The van der Waals surface area contributed by atoms with Gasteiger partial charge in [-0.1, -0.05) is 31.2 Å². The number of ether oxygens (including phenoxy) is 1. The molecule has 2 aromatic carbocycles. The summed E-state index contributed by atoms with van der Waals surface area (Å²) in [7, 11) is 0. The van der Waals surface area contributed by atoms with Crippen molar-refractivity contribution in [1.29, 1.82) is 0 Å². The highest BCUT2D eigenvalue weighted by molar-refractivity contribution is 6.46. The van der Waals surface area contributed by atoms with Gasteiger partial charge in [0, 0.05) is 24.5 Å². The molecule has 0 spiro atoms. The molecular formula is C27H23F3N2O4. The first-order chi connectivity index (χ1) is 17.2. The Labute approximate surface area is 205 Å². The molecular weight excluding hydrogens is 473 g/mol. The third-order valence-corrected chi connectivity index (χ3v) is 5.75. The van der Waals surface area contributed by atoms with Crippen molar-refractivity contribution in [3.63, 3.8) is 0 Å². The summed E-state index contributed by atoms with van der Waals surface area (Å²) in [5, 5.41) is 11.2. The minimum Gasteiger partial charge on any atom is -0.507 e. The van der Waals surface area contributed by atoms with Gasteiger partial charge >= 0.3 is 6.18 Å². The summed E-state index contributed by atoms with van der Waals surface area (Å²) in [5.41, 5.74) is -0.0664. The predicted molar refractivity (Wildman–Crippen MR) is 126 cm³/mol. The predicted octanol–water partition coefficient (Wildman–Crippen LogP) is 5.51. The molecule has 0 radical (unpaired) electrons. The standard InChI is InChI=1S/C27H23F3N2O4/c1-2-13-36-21-8-4-6-19(15-21)24(33)22-23(18-9-11-31-12-10-18)32(26(35)25(22)34)16-17-5-3-7-20(14-17)27(28,29)30/h3-12,14-15,23,33H,2,13,16H2,1H3/b24-22+. The molecule has 1 amide bonds. The molecule has 1 aliphatic heterocycles. The van der Waals surface area contributed by atoms with E-state index >= 15 is 0 Å². The Hall–Kier alpha value is -4.14. The topological polar surface area (TPSA) is 79.7 Å². The number of hydrogen-bond donors (Lipinski definition) is 1. The molecule has 0 aliphatic carbocycles. The van der Waals surface area contributed by atoms with E-state index in [0.717, 1.165) is 23.5 Å². The minimum atomic E-state index is -4.56. The monoisotopic (exact) mass is 496 g/mol. The average Bonchev–Trinajstić information content (AvgIpc) is 3.12. The highest BCUT2D eigenvalue weighted by atomic mass is 19.4. The number of carbonyl (C=O) groups is 2. The number of Topliss-reactive ketones (excluding diaryl/α,β-unsaturated/α-hetero) is 1. The number of ketones is 1. The summed E-state index contributed by atoms with van der Waals surface area (Å²) in [6.45, 7) is 2.14. The van der Waals surface area contributed by atoms with Crippen molar-refractivity contribution in [3.05, 3.63) is 101 Å². The fourth-order valence-electron chi connectivity index (χ4n) is 4.09. The number of rotatable bonds is 7. The first-order valence-electron chi connectivity index (χ1n) is 11.3. The van der Waals surface area contributed by atoms with Crippen LogP contribution >= 0.6 is 0 Å². The largest absolute Gasteiger partial charge is 0.507 e. The Morgan fingerprint density at radius 1 is 1.06 bits per heavy atom. The van der Waals surface area contributed by atoms with Gasteiger partial charge in [0.1, 0.15) is 11.5 Å². The molecule has 1 aliphatic rings. The third kappa shape index (κ3) is 5.10. The number of halogens is 3. The van der Waals surface area contributed by atoms with Crippen molar-refractivity contribution in [2.75, 3.05) is 6.61 Å². The van der Waals surface area contributed by atoms with Gasteiger partial charge in [0.2, 0.25) is 0 Å². The first kappa shape index (κ1) is 25.0. The number of carbonyl (C=O) groups excluding carboxylic acids is 2. The van der Waals surface area contributed by atoms with E-state index in [-0.39, 0.29) is 23.2 Å². The lowest BCUT2D eigenvalue weighted by molar-refractivity contribution is -0.140. The van der Waals surface area contributed by atoms with Crippen LogP contribution in [0.25, 0.3) is 5.76 Å². The van der Waals surface area contributed by atoms with Crippen LogP contribution in [0.4, 0.5) is 13.2 Å². The quantitative estimate of drug-likeness (QED) is 0.265. The summed E-state index contributed by atoms with van der Waals surface area (Å²) in [4.78, 5) is 31.4. The van der Waals surface area contributed by atoms with Gasteiger partial charge < -0.3 is 14.7 Å². The van der Waals surface area contributed by atoms with Crippen LogP contribution in [0.3, 0.4) is 0 Å². The Balaban J connectivity index is 1.79. The molecule has 1 saturated heterocycles. The number of aliphatic hydroxyl groups is 1. The molecule has 9 heteroatoms. The third-order valence-electron chi connectivity index (χ3n) is 5.75. The molecule has 1 unspecified atom stereocenters. The van der Waals surface area contributed by atoms with Crippen LogP contribution in [-0.2, 0) is 22.3 Å². The van der Waals surface area contributed by atoms with Crippen molar-refractivity contribution in [2.45, 2.75) is 32.1 Å². The van der Waals surface area contributed by atoms with Crippen LogP contribution in [0.1, 0.15) is 41.6 Å². The van der Waals surface area contributed by atoms with Crippen molar-refractivity contribution in [2.24, 2.45) is 0 Å². The maximum atomic E-state index is 13.2. The lowest BCUT2D eigenvalue weighted by Gasteiger charge is -2.25. The number of aromatic nitrogens is 1. The summed E-state index contributed by atoms with van der Waals surface area (Å²) in [6.07, 6.45) is -0.837. The van der Waals surface area contributed by atoms with Crippen LogP contribution in [0.15, 0.2) is 78.6 Å². The SMILES string of the molecule is CCCOc1cccc(/C(O)=C2\C(=O)C(=O)N(Cc3cccc(C(F)(F)F)c3)C2c2ccncc2)c1. The van der Waals surface area contributed by atoms with Gasteiger partial charge in [-0.2, -0.15) is 13.2 Å². The van der Waals surface area contributed by atoms with Gasteiger partial charge in [-0.25, -0.2) is 0 Å².